The highest BCUT2D eigenvalue weighted by Crippen LogP contribution is 2.47. The molecule has 3 heterocycles. The Kier molecular flexibility index (Phi) is 9.06. The van der Waals surface area contributed by atoms with Gasteiger partial charge < -0.3 is 24.8 Å². The van der Waals surface area contributed by atoms with Crippen molar-refractivity contribution in [3.05, 3.63) is 41.6 Å². The predicted octanol–water partition coefficient (Wildman–Crippen LogP) is 5.00. The first-order chi connectivity index (χ1) is 22.0. The SMILES string of the molecule is COc1ccc2c(O[C@@H]3C[C@H]4C(=O)N[C@]5(C(=O)O)C[C@H]5/C=C\CCCCN(C)C(=O)[C@@H]4C3)cc(C3=NC(C(C)C)CS3)nc2c1C. The number of carbonyl (C=O) groups excluding carboxylic acids is 2. The molecule has 2 aromatic rings. The van der Waals surface area contributed by atoms with Gasteiger partial charge in [0, 0.05) is 42.3 Å². The van der Waals surface area contributed by atoms with Crippen LogP contribution in [0.2, 0.25) is 0 Å². The van der Waals surface area contributed by atoms with E-state index in [0.29, 0.717) is 37.5 Å². The van der Waals surface area contributed by atoms with Crippen molar-refractivity contribution in [3.8, 4) is 11.5 Å². The second-order valence-electron chi connectivity index (χ2n) is 13.5. The second kappa shape index (κ2) is 12.9. The number of carboxylic acids is 1. The maximum absolute atomic E-state index is 13.8. The number of thioether (sulfide) groups is 1. The number of ether oxygens (including phenoxy) is 2. The third kappa shape index (κ3) is 6.10. The van der Waals surface area contributed by atoms with E-state index in [1.54, 1.807) is 30.8 Å². The molecule has 2 aliphatic heterocycles. The molecule has 6 atom stereocenters. The number of pyridine rings is 1. The molecule has 10 nitrogen and oxygen atoms in total. The van der Waals surface area contributed by atoms with Gasteiger partial charge in [0.1, 0.15) is 28.2 Å². The summed E-state index contributed by atoms with van der Waals surface area (Å²) >= 11 is 1.69. The molecular weight excluding hydrogens is 604 g/mol. The van der Waals surface area contributed by atoms with Gasteiger partial charge in [0.25, 0.3) is 0 Å². The summed E-state index contributed by atoms with van der Waals surface area (Å²) in [6.07, 6.45) is 7.02. The van der Waals surface area contributed by atoms with Crippen molar-refractivity contribution in [2.75, 3.05) is 26.5 Å². The number of allylic oxidation sites excluding steroid dienone is 1. The van der Waals surface area contributed by atoms with E-state index in [-0.39, 0.29) is 17.9 Å². The van der Waals surface area contributed by atoms with Crippen LogP contribution in [0.3, 0.4) is 0 Å². The average molecular weight is 649 g/mol. The lowest BCUT2D eigenvalue weighted by Crippen LogP contribution is -2.49. The number of carbonyl (C=O) groups is 3. The number of nitrogens with zero attached hydrogens (tertiary/aromatic N) is 3. The molecule has 2 amide bonds. The fourth-order valence-corrected chi connectivity index (χ4v) is 8.30. The Labute approximate surface area is 274 Å². The zero-order valence-corrected chi connectivity index (χ0v) is 28.1. The lowest BCUT2D eigenvalue weighted by Gasteiger charge is -2.26. The van der Waals surface area contributed by atoms with Gasteiger partial charge in [0.15, 0.2) is 0 Å². The van der Waals surface area contributed by atoms with Gasteiger partial charge in [-0.3, -0.25) is 14.6 Å². The Balaban J connectivity index is 1.34. The summed E-state index contributed by atoms with van der Waals surface area (Å²) in [4.78, 5) is 51.7. The summed E-state index contributed by atoms with van der Waals surface area (Å²) in [5.74, 6) is -0.472. The lowest BCUT2D eigenvalue weighted by atomic mass is 9.93. The summed E-state index contributed by atoms with van der Waals surface area (Å²) in [5, 5.41) is 14.6. The van der Waals surface area contributed by atoms with Gasteiger partial charge >= 0.3 is 5.97 Å². The minimum absolute atomic E-state index is 0.104. The zero-order chi connectivity index (χ0) is 32.7. The van der Waals surface area contributed by atoms with Crippen LogP contribution in [0.25, 0.3) is 10.9 Å². The molecule has 0 bridgehead atoms. The van der Waals surface area contributed by atoms with Crippen LogP contribution in [-0.2, 0) is 14.4 Å². The van der Waals surface area contributed by atoms with E-state index in [4.69, 9.17) is 19.5 Å². The molecule has 6 rings (SSSR count). The number of nitrogens with one attached hydrogen (secondary N) is 1. The number of amides is 2. The number of aromatic nitrogens is 1. The van der Waals surface area contributed by atoms with Gasteiger partial charge in [-0.25, -0.2) is 9.78 Å². The molecule has 2 fully saturated rings. The molecule has 246 valence electrons. The molecule has 0 radical (unpaired) electrons. The van der Waals surface area contributed by atoms with Gasteiger partial charge in [-0.15, -0.1) is 11.8 Å². The number of rotatable bonds is 6. The third-order valence-corrected chi connectivity index (χ3v) is 11.2. The van der Waals surface area contributed by atoms with Crippen LogP contribution in [0.15, 0.2) is 35.3 Å². The van der Waals surface area contributed by atoms with Gasteiger partial charge in [0.2, 0.25) is 11.8 Å². The standard InChI is InChI=1S/C35H44N4O6S/c1-19(2)27-18-46-32(37-27)26-16-29(23-11-12-28(44-5)20(3)30(23)36-26)45-22-14-24-25(15-22)33(41)39(4)13-9-7-6-8-10-21-17-35(21,34(42)43)38-31(24)40/h8,10-12,16,19,21-22,24-25,27H,6-7,9,13-15,17-18H2,1-5H3,(H,38,40)(H,42,43)/b10-8-/t21-,22-,24-,25-,27?,35-/m1/s1. The molecule has 4 aliphatic rings. The van der Waals surface area contributed by atoms with E-state index < -0.39 is 35.4 Å². The summed E-state index contributed by atoms with van der Waals surface area (Å²) in [6.45, 7) is 6.91. The second-order valence-corrected chi connectivity index (χ2v) is 14.5. The van der Waals surface area contributed by atoms with Crippen molar-refractivity contribution in [1.82, 2.24) is 15.2 Å². The number of aliphatic imine (C=N–C) groups is 1. The topological polar surface area (TPSA) is 130 Å². The van der Waals surface area contributed by atoms with E-state index in [2.05, 4.69) is 19.2 Å². The lowest BCUT2D eigenvalue weighted by molar-refractivity contribution is -0.145. The minimum atomic E-state index is -1.32. The summed E-state index contributed by atoms with van der Waals surface area (Å²) < 4.78 is 12.3. The maximum atomic E-state index is 13.8. The summed E-state index contributed by atoms with van der Waals surface area (Å²) in [6, 6.07) is 5.97. The normalized spacial score (nSPS) is 30.7. The molecule has 1 unspecified atom stereocenters. The Morgan fingerprint density at radius 1 is 1.17 bits per heavy atom. The van der Waals surface area contributed by atoms with Crippen molar-refractivity contribution < 1.29 is 29.0 Å². The van der Waals surface area contributed by atoms with E-state index in [1.165, 1.54) is 0 Å². The number of hydrogen-bond donors (Lipinski definition) is 2. The van der Waals surface area contributed by atoms with Crippen LogP contribution < -0.4 is 14.8 Å². The fourth-order valence-electron chi connectivity index (χ4n) is 7.05. The maximum Gasteiger partial charge on any atom is 0.330 e. The average Bonchev–Trinajstić information content (AvgIpc) is 3.33. The highest BCUT2D eigenvalue weighted by molar-refractivity contribution is 8.14. The van der Waals surface area contributed by atoms with Gasteiger partial charge in [0.05, 0.1) is 36.2 Å². The molecule has 1 aromatic heterocycles. The smallest absolute Gasteiger partial charge is 0.330 e. The Bertz CT molecular complexity index is 1610. The van der Waals surface area contributed by atoms with Gasteiger partial charge in [-0.1, -0.05) is 26.0 Å². The summed E-state index contributed by atoms with van der Waals surface area (Å²) in [5.41, 5.74) is 1.05. The molecule has 2 N–H and O–H groups in total. The number of carboxylic acid groups (broad SMARTS) is 1. The van der Waals surface area contributed by atoms with Crippen LogP contribution >= 0.6 is 11.8 Å². The molecule has 1 aromatic carbocycles. The number of aliphatic carboxylic acids is 1. The molecule has 2 saturated carbocycles. The third-order valence-electron chi connectivity index (χ3n) is 10.1. The Hall–Kier alpha value is -3.60. The van der Waals surface area contributed by atoms with Crippen molar-refractivity contribution in [2.45, 2.75) is 77.0 Å². The highest BCUT2D eigenvalue weighted by Gasteiger charge is 2.61. The van der Waals surface area contributed by atoms with Crippen LogP contribution in [0.1, 0.15) is 63.6 Å². The Morgan fingerprint density at radius 2 is 1.96 bits per heavy atom. The van der Waals surface area contributed by atoms with Crippen LogP contribution in [0, 0.1) is 30.6 Å². The van der Waals surface area contributed by atoms with E-state index in [9.17, 15) is 19.5 Å². The fraction of sp³-hybridized carbons (Fsp3) is 0.571. The largest absolute Gasteiger partial charge is 0.496 e. The number of benzene rings is 1. The van der Waals surface area contributed by atoms with Crippen molar-refractivity contribution in [2.24, 2.45) is 28.7 Å². The molecule has 2 aliphatic carbocycles. The van der Waals surface area contributed by atoms with E-state index in [1.807, 2.05) is 37.3 Å². The molecule has 0 spiro atoms. The zero-order valence-electron chi connectivity index (χ0n) is 27.2. The Morgan fingerprint density at radius 3 is 2.67 bits per heavy atom. The number of hydrogen-bond acceptors (Lipinski definition) is 8. The molecule has 0 saturated heterocycles. The first-order valence-electron chi connectivity index (χ1n) is 16.4. The predicted molar refractivity (Wildman–Crippen MR) is 179 cm³/mol. The minimum Gasteiger partial charge on any atom is -0.496 e. The summed E-state index contributed by atoms with van der Waals surface area (Å²) in [7, 11) is 3.42. The van der Waals surface area contributed by atoms with Gasteiger partial charge in [-0.05, 0) is 63.5 Å². The molecular formula is C35H44N4O6S. The number of aryl methyl sites for hydroxylation is 1. The van der Waals surface area contributed by atoms with Crippen LogP contribution in [-0.4, -0.2) is 82.0 Å². The van der Waals surface area contributed by atoms with Crippen molar-refractivity contribution in [3.63, 3.8) is 0 Å². The van der Waals surface area contributed by atoms with Crippen molar-refractivity contribution in [1.29, 1.82) is 0 Å². The van der Waals surface area contributed by atoms with Crippen molar-refractivity contribution >= 4 is 45.5 Å². The van der Waals surface area contributed by atoms with Gasteiger partial charge in [-0.2, -0.15) is 0 Å². The quantitative estimate of drug-likeness (QED) is 0.419. The van der Waals surface area contributed by atoms with Crippen LogP contribution in [0.5, 0.6) is 11.5 Å². The first-order valence-corrected chi connectivity index (χ1v) is 17.3. The van der Waals surface area contributed by atoms with E-state index >= 15 is 0 Å². The molecule has 11 heteroatoms. The number of fused-ring (bicyclic) bond motifs is 3. The van der Waals surface area contributed by atoms with E-state index in [0.717, 1.165) is 58.0 Å². The van der Waals surface area contributed by atoms with Crippen LogP contribution in [0.4, 0.5) is 0 Å². The molecule has 46 heavy (non-hydrogen) atoms. The first kappa shape index (κ1) is 32.3. The monoisotopic (exact) mass is 648 g/mol. The number of methoxy groups -OCH3 is 1. The highest BCUT2D eigenvalue weighted by atomic mass is 32.2.